The fourth-order valence-corrected chi connectivity index (χ4v) is 1.63. The first-order valence-electron chi connectivity index (χ1n) is 6.39. The predicted octanol–water partition coefficient (Wildman–Crippen LogP) is 2.00. The van der Waals surface area contributed by atoms with Crippen LogP contribution >= 0.6 is 0 Å². The van der Waals surface area contributed by atoms with Crippen LogP contribution in [-0.2, 0) is 11.2 Å². The molecule has 1 rings (SSSR count). The molecule has 0 unspecified atom stereocenters. The fraction of sp³-hybridized carbons (Fsp3) is 0.571. The van der Waals surface area contributed by atoms with Crippen molar-refractivity contribution < 1.29 is 14.2 Å². The van der Waals surface area contributed by atoms with Gasteiger partial charge in [-0.2, -0.15) is 0 Å². The van der Waals surface area contributed by atoms with Gasteiger partial charge in [-0.25, -0.2) is 0 Å². The molecule has 0 spiro atoms. The number of ether oxygens (including phenoxy) is 3. The van der Waals surface area contributed by atoms with Crippen LogP contribution in [0.4, 0.5) is 0 Å². The summed E-state index contributed by atoms with van der Waals surface area (Å²) in [5.41, 5.74) is 6.67. The maximum Gasteiger partial charge on any atom is 0.122 e. The molecular formula is C14H23NO3. The number of nitrogens with two attached hydrogens (primary N) is 1. The van der Waals surface area contributed by atoms with E-state index in [1.807, 2.05) is 18.2 Å². The zero-order valence-electron chi connectivity index (χ0n) is 11.3. The number of hydrogen-bond acceptors (Lipinski definition) is 4. The van der Waals surface area contributed by atoms with E-state index in [0.717, 1.165) is 36.5 Å². The summed E-state index contributed by atoms with van der Waals surface area (Å²) in [5.74, 6) is 1.69. The van der Waals surface area contributed by atoms with Gasteiger partial charge in [0, 0.05) is 6.61 Å². The van der Waals surface area contributed by atoms with Gasteiger partial charge in [-0.05, 0) is 43.1 Å². The molecule has 18 heavy (non-hydrogen) atoms. The zero-order valence-corrected chi connectivity index (χ0v) is 11.3. The van der Waals surface area contributed by atoms with Crippen molar-refractivity contribution in [3.8, 4) is 11.5 Å². The molecule has 0 radical (unpaired) electrons. The Morgan fingerprint density at radius 1 is 1.17 bits per heavy atom. The molecule has 1 aromatic carbocycles. The molecule has 0 fully saturated rings. The van der Waals surface area contributed by atoms with E-state index in [9.17, 15) is 0 Å². The van der Waals surface area contributed by atoms with E-state index in [1.165, 1.54) is 0 Å². The van der Waals surface area contributed by atoms with Crippen LogP contribution in [0.25, 0.3) is 0 Å². The van der Waals surface area contributed by atoms with Gasteiger partial charge in [0.25, 0.3) is 0 Å². The summed E-state index contributed by atoms with van der Waals surface area (Å²) in [6, 6.07) is 5.78. The highest BCUT2D eigenvalue weighted by atomic mass is 16.5. The summed E-state index contributed by atoms with van der Waals surface area (Å²) < 4.78 is 16.3. The Kier molecular flexibility index (Phi) is 7.22. The van der Waals surface area contributed by atoms with Crippen LogP contribution in [0.15, 0.2) is 18.2 Å². The van der Waals surface area contributed by atoms with E-state index in [0.29, 0.717) is 19.8 Å². The largest absolute Gasteiger partial charge is 0.497 e. The molecule has 0 bridgehead atoms. The van der Waals surface area contributed by atoms with Gasteiger partial charge >= 0.3 is 0 Å². The summed E-state index contributed by atoms with van der Waals surface area (Å²) in [4.78, 5) is 0. The lowest BCUT2D eigenvalue weighted by Gasteiger charge is -2.12. The normalized spacial score (nSPS) is 10.4. The SMILES string of the molecule is CCCOCCOc1ccc(OC)cc1CCN. The third-order valence-corrected chi connectivity index (χ3v) is 2.52. The summed E-state index contributed by atoms with van der Waals surface area (Å²) in [5, 5.41) is 0. The standard InChI is InChI=1S/C14H23NO3/c1-3-8-17-9-10-18-14-5-4-13(16-2)11-12(14)6-7-15/h4-5,11H,3,6-10,15H2,1-2H3. The van der Waals surface area contributed by atoms with Crippen LogP contribution in [0, 0.1) is 0 Å². The lowest BCUT2D eigenvalue weighted by molar-refractivity contribution is 0.100. The molecular weight excluding hydrogens is 230 g/mol. The monoisotopic (exact) mass is 253 g/mol. The van der Waals surface area contributed by atoms with Gasteiger partial charge in [0.1, 0.15) is 18.1 Å². The van der Waals surface area contributed by atoms with Gasteiger partial charge in [0.05, 0.1) is 13.7 Å². The van der Waals surface area contributed by atoms with Crippen molar-refractivity contribution in [3.05, 3.63) is 23.8 Å². The smallest absolute Gasteiger partial charge is 0.122 e. The van der Waals surface area contributed by atoms with Crippen molar-refractivity contribution in [2.75, 3.05) is 33.5 Å². The van der Waals surface area contributed by atoms with Crippen molar-refractivity contribution >= 4 is 0 Å². The van der Waals surface area contributed by atoms with Crippen LogP contribution in [0.2, 0.25) is 0 Å². The van der Waals surface area contributed by atoms with Crippen molar-refractivity contribution in [2.24, 2.45) is 5.73 Å². The molecule has 0 saturated heterocycles. The predicted molar refractivity (Wildman–Crippen MR) is 72.4 cm³/mol. The van der Waals surface area contributed by atoms with Crippen LogP contribution in [0.3, 0.4) is 0 Å². The molecule has 102 valence electrons. The second kappa shape index (κ2) is 8.78. The molecule has 4 heteroatoms. The third kappa shape index (κ3) is 4.94. The van der Waals surface area contributed by atoms with E-state index in [-0.39, 0.29) is 0 Å². The van der Waals surface area contributed by atoms with Crippen LogP contribution in [0.5, 0.6) is 11.5 Å². The van der Waals surface area contributed by atoms with E-state index >= 15 is 0 Å². The Morgan fingerprint density at radius 2 is 2.00 bits per heavy atom. The average molecular weight is 253 g/mol. The second-order valence-electron chi connectivity index (χ2n) is 3.97. The fourth-order valence-electron chi connectivity index (χ4n) is 1.63. The van der Waals surface area contributed by atoms with E-state index in [2.05, 4.69) is 6.92 Å². The van der Waals surface area contributed by atoms with Gasteiger partial charge in [0.15, 0.2) is 0 Å². The van der Waals surface area contributed by atoms with Gasteiger partial charge < -0.3 is 19.9 Å². The minimum Gasteiger partial charge on any atom is -0.497 e. The molecule has 0 aromatic heterocycles. The molecule has 0 amide bonds. The van der Waals surface area contributed by atoms with E-state index in [4.69, 9.17) is 19.9 Å². The zero-order chi connectivity index (χ0) is 13.2. The highest BCUT2D eigenvalue weighted by Gasteiger charge is 2.05. The Labute approximate surface area is 109 Å². The summed E-state index contributed by atoms with van der Waals surface area (Å²) in [6.45, 7) is 4.63. The number of hydrogen-bond donors (Lipinski definition) is 1. The van der Waals surface area contributed by atoms with Crippen molar-refractivity contribution in [3.63, 3.8) is 0 Å². The molecule has 0 heterocycles. The molecule has 0 aliphatic carbocycles. The van der Waals surface area contributed by atoms with E-state index in [1.54, 1.807) is 7.11 Å². The quantitative estimate of drug-likeness (QED) is 0.684. The molecule has 0 atom stereocenters. The Morgan fingerprint density at radius 3 is 2.67 bits per heavy atom. The average Bonchev–Trinajstić information content (AvgIpc) is 2.40. The summed E-state index contributed by atoms with van der Waals surface area (Å²) >= 11 is 0. The number of rotatable bonds is 9. The third-order valence-electron chi connectivity index (χ3n) is 2.52. The van der Waals surface area contributed by atoms with Crippen molar-refractivity contribution in [1.29, 1.82) is 0 Å². The van der Waals surface area contributed by atoms with Gasteiger partial charge in [-0.15, -0.1) is 0 Å². The minimum atomic E-state index is 0.559. The van der Waals surface area contributed by atoms with E-state index < -0.39 is 0 Å². The first-order chi connectivity index (χ1) is 8.81. The molecule has 0 aliphatic heterocycles. The maximum absolute atomic E-state index is 5.70. The molecule has 0 aliphatic rings. The number of methoxy groups -OCH3 is 1. The topological polar surface area (TPSA) is 53.7 Å². The van der Waals surface area contributed by atoms with Crippen molar-refractivity contribution in [2.45, 2.75) is 19.8 Å². The maximum atomic E-state index is 5.70. The molecule has 0 saturated carbocycles. The van der Waals surface area contributed by atoms with Gasteiger partial charge in [-0.3, -0.25) is 0 Å². The first-order valence-corrected chi connectivity index (χ1v) is 6.39. The van der Waals surface area contributed by atoms with Gasteiger partial charge in [-0.1, -0.05) is 6.92 Å². The van der Waals surface area contributed by atoms with Crippen molar-refractivity contribution in [1.82, 2.24) is 0 Å². The summed E-state index contributed by atoms with van der Waals surface area (Å²) in [6.07, 6.45) is 1.81. The minimum absolute atomic E-state index is 0.559. The van der Waals surface area contributed by atoms with Gasteiger partial charge in [0.2, 0.25) is 0 Å². The summed E-state index contributed by atoms with van der Waals surface area (Å²) in [7, 11) is 1.65. The van der Waals surface area contributed by atoms with Crippen LogP contribution in [-0.4, -0.2) is 33.5 Å². The number of benzene rings is 1. The molecule has 1 aromatic rings. The second-order valence-corrected chi connectivity index (χ2v) is 3.97. The Balaban J connectivity index is 2.52. The highest BCUT2D eigenvalue weighted by Crippen LogP contribution is 2.24. The lowest BCUT2D eigenvalue weighted by atomic mass is 10.1. The lowest BCUT2D eigenvalue weighted by Crippen LogP contribution is -2.10. The van der Waals surface area contributed by atoms with Crippen LogP contribution in [0.1, 0.15) is 18.9 Å². The van der Waals surface area contributed by atoms with Crippen LogP contribution < -0.4 is 15.2 Å². The molecule has 2 N–H and O–H groups in total. The highest BCUT2D eigenvalue weighted by molar-refractivity contribution is 5.40. The Hall–Kier alpha value is -1.26. The Bertz CT molecular complexity index is 342. The molecule has 4 nitrogen and oxygen atoms in total. The first kappa shape index (κ1) is 14.8.